The Labute approximate surface area is 212 Å². The van der Waals surface area contributed by atoms with Crippen LogP contribution < -0.4 is 5.32 Å². The highest BCUT2D eigenvalue weighted by molar-refractivity contribution is 14.0. The van der Waals surface area contributed by atoms with Crippen molar-refractivity contribution >= 4 is 41.5 Å². The molecule has 2 aliphatic rings. The molecular formula is C23H33ClIN5O2. The molecule has 1 N–H and O–H groups in total. The van der Waals surface area contributed by atoms with Gasteiger partial charge in [0.15, 0.2) is 5.96 Å². The summed E-state index contributed by atoms with van der Waals surface area (Å²) in [6.07, 6.45) is 8.83. The number of benzene rings is 1. The van der Waals surface area contributed by atoms with Crippen LogP contribution in [0.15, 0.2) is 41.7 Å². The van der Waals surface area contributed by atoms with Crippen LogP contribution in [-0.4, -0.2) is 65.7 Å². The summed E-state index contributed by atoms with van der Waals surface area (Å²) in [5.41, 5.74) is 2.05. The monoisotopic (exact) mass is 573 g/mol. The van der Waals surface area contributed by atoms with Gasteiger partial charge in [0.1, 0.15) is 0 Å². The molecule has 176 valence electrons. The molecule has 0 radical (unpaired) electrons. The van der Waals surface area contributed by atoms with Crippen molar-refractivity contribution < 1.29 is 9.47 Å². The van der Waals surface area contributed by atoms with Gasteiger partial charge >= 0.3 is 0 Å². The van der Waals surface area contributed by atoms with Crippen molar-refractivity contribution in [3.05, 3.63) is 47.2 Å². The number of halogens is 2. The third-order valence-corrected chi connectivity index (χ3v) is 6.01. The first-order valence-electron chi connectivity index (χ1n) is 11.3. The average Bonchev–Trinajstić information content (AvgIpc) is 3.48. The quantitative estimate of drug-likeness (QED) is 0.305. The number of nitrogens with one attached hydrogen (secondary N) is 1. The molecule has 1 aromatic heterocycles. The Bertz CT molecular complexity index is 846. The molecule has 1 atom stereocenters. The molecule has 0 amide bonds. The normalized spacial score (nSPS) is 19.8. The lowest BCUT2D eigenvalue weighted by molar-refractivity contribution is -0.0367. The molecule has 0 bridgehead atoms. The zero-order chi connectivity index (χ0) is 21.5. The molecule has 2 aromatic rings. The lowest BCUT2D eigenvalue weighted by atomic mass is 10.1. The van der Waals surface area contributed by atoms with Crippen LogP contribution in [-0.2, 0) is 16.0 Å². The molecule has 4 rings (SSSR count). The Kier molecular flexibility index (Phi) is 10.1. The number of nitrogens with zero attached hydrogens (tertiary/aromatic N) is 4. The van der Waals surface area contributed by atoms with Crippen LogP contribution in [0.4, 0.5) is 0 Å². The number of rotatable bonds is 7. The molecule has 0 spiro atoms. The Balaban J connectivity index is 0.00000289. The van der Waals surface area contributed by atoms with Crippen molar-refractivity contribution in [1.82, 2.24) is 20.0 Å². The van der Waals surface area contributed by atoms with E-state index in [-0.39, 0.29) is 24.0 Å². The highest BCUT2D eigenvalue weighted by Gasteiger charge is 2.24. The van der Waals surface area contributed by atoms with Gasteiger partial charge in [-0.1, -0.05) is 11.6 Å². The van der Waals surface area contributed by atoms with E-state index in [1.807, 2.05) is 41.3 Å². The summed E-state index contributed by atoms with van der Waals surface area (Å²) in [5.74, 6) is 0.958. The summed E-state index contributed by atoms with van der Waals surface area (Å²) in [6, 6.07) is 7.65. The predicted molar refractivity (Wildman–Crippen MR) is 138 cm³/mol. The first-order valence-corrected chi connectivity index (χ1v) is 11.6. The van der Waals surface area contributed by atoms with Gasteiger partial charge in [0, 0.05) is 43.0 Å². The number of likely N-dealkylation sites (tertiary alicyclic amines) is 1. The maximum absolute atomic E-state index is 6.11. The molecule has 1 unspecified atom stereocenters. The fourth-order valence-corrected chi connectivity index (χ4v) is 4.15. The topological polar surface area (TPSA) is 63.9 Å². The second-order valence-electron chi connectivity index (χ2n) is 8.09. The number of ether oxygens (including phenoxy) is 2. The summed E-state index contributed by atoms with van der Waals surface area (Å²) in [5, 5.41) is 8.61. The molecule has 1 aromatic carbocycles. The van der Waals surface area contributed by atoms with Gasteiger partial charge in [0.2, 0.25) is 0 Å². The van der Waals surface area contributed by atoms with Crippen LogP contribution in [0, 0.1) is 0 Å². The highest BCUT2D eigenvalue weighted by Crippen LogP contribution is 2.18. The standard InChI is InChI=1S/C23H32ClN5O2.HI/c1-2-25-23(28-11-9-21(10-12-28)31-17-22-4-3-13-30-22)26-14-18-15-27-29(16-18)20-7-5-19(24)6-8-20;/h5-8,15-16,21-22H,2-4,9-14,17H2,1H3,(H,25,26);1H. The first kappa shape index (κ1) is 25.3. The SMILES string of the molecule is CCNC(=NCc1cnn(-c2ccc(Cl)cc2)c1)N1CCC(OCC2CCCO2)CC1.I. The first-order chi connectivity index (χ1) is 15.2. The summed E-state index contributed by atoms with van der Waals surface area (Å²) in [6.45, 7) is 7.05. The zero-order valence-electron chi connectivity index (χ0n) is 18.6. The van der Waals surface area contributed by atoms with Gasteiger partial charge < -0.3 is 19.7 Å². The number of guanidine groups is 1. The van der Waals surface area contributed by atoms with Crippen molar-refractivity contribution in [2.45, 2.75) is 51.4 Å². The number of aromatic nitrogens is 2. The Morgan fingerprint density at radius 1 is 1.25 bits per heavy atom. The molecule has 2 saturated heterocycles. The van der Waals surface area contributed by atoms with E-state index >= 15 is 0 Å². The molecule has 7 nitrogen and oxygen atoms in total. The van der Waals surface area contributed by atoms with E-state index < -0.39 is 0 Å². The minimum Gasteiger partial charge on any atom is -0.376 e. The lowest BCUT2D eigenvalue weighted by Gasteiger charge is -2.34. The molecule has 32 heavy (non-hydrogen) atoms. The van der Waals surface area contributed by atoms with E-state index in [9.17, 15) is 0 Å². The third-order valence-electron chi connectivity index (χ3n) is 5.76. The highest BCUT2D eigenvalue weighted by atomic mass is 127. The number of piperidine rings is 1. The van der Waals surface area contributed by atoms with E-state index in [1.165, 1.54) is 0 Å². The number of hydrogen-bond donors (Lipinski definition) is 1. The van der Waals surface area contributed by atoms with Gasteiger partial charge in [-0.05, 0) is 56.9 Å². The van der Waals surface area contributed by atoms with Crippen LogP contribution in [0.5, 0.6) is 0 Å². The molecule has 2 aliphatic heterocycles. The van der Waals surface area contributed by atoms with Gasteiger partial charge in [-0.3, -0.25) is 0 Å². The minimum atomic E-state index is 0. The molecule has 0 aliphatic carbocycles. The van der Waals surface area contributed by atoms with E-state index in [0.29, 0.717) is 18.8 Å². The van der Waals surface area contributed by atoms with E-state index in [2.05, 4.69) is 22.2 Å². The summed E-state index contributed by atoms with van der Waals surface area (Å²) >= 11 is 5.98. The van der Waals surface area contributed by atoms with Crippen molar-refractivity contribution in [2.75, 3.05) is 32.8 Å². The Morgan fingerprint density at radius 3 is 2.72 bits per heavy atom. The van der Waals surface area contributed by atoms with Crippen molar-refractivity contribution in [3.63, 3.8) is 0 Å². The van der Waals surface area contributed by atoms with Gasteiger partial charge in [0.05, 0.1) is 37.2 Å². The summed E-state index contributed by atoms with van der Waals surface area (Å²) < 4.78 is 13.6. The van der Waals surface area contributed by atoms with Crippen molar-refractivity contribution in [3.8, 4) is 5.69 Å². The van der Waals surface area contributed by atoms with Crippen LogP contribution in [0.2, 0.25) is 5.02 Å². The Hall–Kier alpha value is -1.36. The maximum Gasteiger partial charge on any atom is 0.194 e. The van der Waals surface area contributed by atoms with Gasteiger partial charge in [-0.25, -0.2) is 9.67 Å². The van der Waals surface area contributed by atoms with E-state index in [0.717, 1.165) is 80.8 Å². The molecule has 3 heterocycles. The average molecular weight is 574 g/mol. The molecule has 9 heteroatoms. The zero-order valence-corrected chi connectivity index (χ0v) is 21.7. The van der Waals surface area contributed by atoms with Crippen molar-refractivity contribution in [2.24, 2.45) is 4.99 Å². The van der Waals surface area contributed by atoms with Gasteiger partial charge in [0.25, 0.3) is 0 Å². The number of aliphatic imine (C=N–C) groups is 1. The lowest BCUT2D eigenvalue weighted by Crippen LogP contribution is -2.47. The second-order valence-corrected chi connectivity index (χ2v) is 8.53. The predicted octanol–water partition coefficient (Wildman–Crippen LogP) is 4.27. The van der Waals surface area contributed by atoms with Gasteiger partial charge in [-0.2, -0.15) is 5.10 Å². The fraction of sp³-hybridized carbons (Fsp3) is 0.565. The summed E-state index contributed by atoms with van der Waals surface area (Å²) in [4.78, 5) is 7.19. The smallest absolute Gasteiger partial charge is 0.194 e. The molecule has 0 saturated carbocycles. The van der Waals surface area contributed by atoms with E-state index in [4.69, 9.17) is 26.1 Å². The van der Waals surface area contributed by atoms with Gasteiger partial charge in [-0.15, -0.1) is 24.0 Å². The minimum absolute atomic E-state index is 0. The van der Waals surface area contributed by atoms with Crippen LogP contribution in [0.25, 0.3) is 5.69 Å². The Morgan fingerprint density at radius 2 is 2.03 bits per heavy atom. The van der Waals surface area contributed by atoms with Crippen molar-refractivity contribution in [1.29, 1.82) is 0 Å². The second kappa shape index (κ2) is 12.8. The van der Waals surface area contributed by atoms with Crippen LogP contribution in [0.1, 0.15) is 38.2 Å². The van der Waals surface area contributed by atoms with Crippen LogP contribution in [0.3, 0.4) is 0 Å². The van der Waals surface area contributed by atoms with E-state index in [1.54, 1.807) is 0 Å². The molecular weight excluding hydrogens is 541 g/mol. The molecule has 2 fully saturated rings. The maximum atomic E-state index is 6.11. The number of hydrogen-bond acceptors (Lipinski definition) is 4. The third kappa shape index (κ3) is 7.07. The summed E-state index contributed by atoms with van der Waals surface area (Å²) in [7, 11) is 0. The fourth-order valence-electron chi connectivity index (χ4n) is 4.02. The van der Waals surface area contributed by atoms with Crippen LogP contribution >= 0.6 is 35.6 Å². The largest absolute Gasteiger partial charge is 0.376 e.